The van der Waals surface area contributed by atoms with Crippen LogP contribution in [0.2, 0.25) is 0 Å². The van der Waals surface area contributed by atoms with Gasteiger partial charge in [-0.2, -0.15) is 0 Å². The standard InChI is InChI=1S/C18H18IN5O4.C12H14N6O4.2C11H14N6O3.2C11H13N5O4/c19-11-3-1-2-10(4-11)5-20-15-12-16(22-8-21-15)24(9-23-12)17-13-14(26)18(6-25,28-17)7-27-13;1-14-11(20)12-2-21-6(7(12)19)10(22-12)18-4-17-5-8(13)15-3-16-9(5)18;2*12-8-6-9(15-3-14-8)17(4-16-6)10-5-7(19)11(2-18,20-10)1-13-5;2*12-8-5-9(14-3-13-8)16(4-15-5)10-6-7(18)11(1-17,20-10)2-19-6/h1-4,8-9,13-14,17,25-26H,5-7H2,(H,20,21,22);3-4,6-7,10,19H,2H2,1H3,(H,14,20)(H2,13,15,16);2*3-5,7,10,13,18-19H,1-2H2,(H2,12,14,15);2*3-4,6-7,10,17-18H,1-2H2,(H2,12,13,14)/t13-,14?,17+,18-;6-,7?,10+,12-;5-,7?,10+,11+;5-,7?,10-,11+;2*6-,7?,10+,11-/m000100/s1. The number of aromatic nitrogens is 24. The van der Waals surface area contributed by atoms with Crippen LogP contribution in [-0.2, 0) is 58.7 Å². The molecule has 0 spiro atoms. The number of nitrogens with one attached hydrogen (secondary N) is 4. The van der Waals surface area contributed by atoms with Crippen molar-refractivity contribution in [3.63, 3.8) is 0 Å². The van der Waals surface area contributed by atoms with Gasteiger partial charge in [0, 0.05) is 30.3 Å². The summed E-state index contributed by atoms with van der Waals surface area (Å²) in [4.78, 5) is 86.1. The monoisotopic (exact) mass is 1920 g/mol. The van der Waals surface area contributed by atoms with Crippen molar-refractivity contribution in [3.05, 3.63) is 109 Å². The first-order valence-corrected chi connectivity index (χ1v) is 41.6. The number of nitrogens with zero attached hydrogens (tertiary/aromatic N) is 24. The van der Waals surface area contributed by atoms with E-state index in [0.29, 0.717) is 104 Å². The van der Waals surface area contributed by atoms with Crippen molar-refractivity contribution in [1.29, 1.82) is 0 Å². The first kappa shape index (κ1) is 86.6. The maximum Gasteiger partial charge on any atom is 0.257 e. The Kier molecular flexibility index (Phi) is 22.1. The highest BCUT2D eigenvalue weighted by Crippen LogP contribution is 2.51. The van der Waals surface area contributed by atoms with Crippen LogP contribution in [0, 0.1) is 3.57 Å². The van der Waals surface area contributed by atoms with E-state index in [1.807, 2.05) is 18.2 Å². The smallest absolute Gasteiger partial charge is 0.257 e. The van der Waals surface area contributed by atoms with E-state index < -0.39 is 138 Å². The molecule has 686 valence electrons. The number of nitrogen functional groups attached to an aromatic ring is 5. The van der Waals surface area contributed by atoms with Crippen LogP contribution in [0.4, 0.5) is 34.9 Å². The third-order valence-corrected chi connectivity index (χ3v) is 26.2. The van der Waals surface area contributed by atoms with Crippen molar-refractivity contribution < 1.29 is 108 Å². The van der Waals surface area contributed by atoms with E-state index in [0.717, 1.165) is 5.56 Å². The highest BCUT2D eigenvalue weighted by Gasteiger charge is 2.68. The minimum atomic E-state index is -1.42. The van der Waals surface area contributed by atoms with Crippen LogP contribution in [0.25, 0.3) is 67.0 Å². The number of imidazole rings is 6. The van der Waals surface area contributed by atoms with E-state index >= 15 is 0 Å². The van der Waals surface area contributed by atoms with Gasteiger partial charge >= 0.3 is 0 Å². The maximum absolute atomic E-state index is 12.1. The minimum Gasteiger partial charge on any atom is -0.393 e. The Morgan fingerprint density at radius 1 is 0.400 bits per heavy atom. The zero-order valence-electron chi connectivity index (χ0n) is 68.0. The van der Waals surface area contributed by atoms with Crippen LogP contribution >= 0.6 is 22.6 Å². The van der Waals surface area contributed by atoms with Gasteiger partial charge in [0.15, 0.2) is 112 Å². The molecular formula is C74H86IN33O22. The first-order chi connectivity index (χ1) is 62.8. The molecule has 130 heavy (non-hydrogen) atoms. The maximum atomic E-state index is 12.1. The second kappa shape index (κ2) is 33.2. The average molecular weight is 1920 g/mol. The van der Waals surface area contributed by atoms with Crippen LogP contribution in [0.15, 0.2) is 100 Å². The predicted molar refractivity (Wildman–Crippen MR) is 446 cm³/mol. The summed E-state index contributed by atoms with van der Waals surface area (Å²) in [5, 5.41) is 121. The molecular weight excluding hydrogens is 1830 g/mol. The summed E-state index contributed by atoms with van der Waals surface area (Å²) in [6.45, 7) is 0.468. The lowest BCUT2D eigenvalue weighted by atomic mass is 9.98. The van der Waals surface area contributed by atoms with Crippen LogP contribution in [-0.4, -0.2) is 366 Å². The number of carbonyl (C=O) groups excluding carboxylic acids is 1. The Hall–Kier alpha value is -11.4. The number of fused-ring (bicyclic) bond motifs is 18. The molecule has 12 bridgehead atoms. The van der Waals surface area contributed by atoms with E-state index in [2.05, 4.69) is 140 Å². The number of nitrogens with two attached hydrogens (primary N) is 5. The lowest BCUT2D eigenvalue weighted by Crippen LogP contribution is -2.53. The molecule has 1 aromatic carbocycles. The van der Waals surface area contributed by atoms with Gasteiger partial charge < -0.3 is 153 Å². The van der Waals surface area contributed by atoms with Crippen LogP contribution in [0.1, 0.15) is 42.9 Å². The molecule has 55 nitrogen and oxygen atoms in total. The number of morpholine rings is 2. The van der Waals surface area contributed by atoms with Gasteiger partial charge in [0.25, 0.3) is 5.91 Å². The zero-order valence-corrected chi connectivity index (χ0v) is 70.2. The number of benzene rings is 1. The van der Waals surface area contributed by atoms with Crippen molar-refractivity contribution in [3.8, 4) is 0 Å². The van der Waals surface area contributed by atoms with Crippen molar-refractivity contribution in [2.75, 3.05) is 114 Å². The Labute approximate surface area is 741 Å². The highest BCUT2D eigenvalue weighted by molar-refractivity contribution is 14.1. The largest absolute Gasteiger partial charge is 0.393 e. The topological polar surface area (TPSA) is 772 Å². The van der Waals surface area contributed by atoms with Gasteiger partial charge in [-0.15, -0.1) is 0 Å². The normalized spacial score (nSPS) is 34.0. The number of likely N-dealkylation sites (N-methyl/N-ethyl adjacent to an activating group) is 1. The van der Waals surface area contributed by atoms with Gasteiger partial charge in [-0.25, -0.2) is 89.7 Å². The lowest BCUT2D eigenvalue weighted by Gasteiger charge is -2.30. The summed E-state index contributed by atoms with van der Waals surface area (Å²) in [7, 11) is 1.48. The molecule has 0 saturated carbocycles. The van der Waals surface area contributed by atoms with Gasteiger partial charge in [-0.3, -0.25) is 32.2 Å². The summed E-state index contributed by atoms with van der Waals surface area (Å²) in [5.74, 6) is 1.57. The molecule has 24 heterocycles. The Bertz CT molecular complexity index is 5980. The fourth-order valence-corrected chi connectivity index (χ4v) is 19.0. The first-order valence-electron chi connectivity index (χ1n) is 40.5. The minimum absolute atomic E-state index is 0.00123. The molecule has 6 unspecified atom stereocenters. The molecule has 1 amide bonds. The van der Waals surface area contributed by atoms with E-state index in [9.17, 15) is 61.0 Å². The van der Waals surface area contributed by atoms with Gasteiger partial charge in [0.1, 0.15) is 155 Å². The molecule has 25 N–H and O–H groups in total. The number of hydrogen-bond acceptors (Lipinski definition) is 48. The molecule has 12 saturated heterocycles. The average Bonchev–Trinajstić information content (AvgIpc) is 1.65. The summed E-state index contributed by atoms with van der Waals surface area (Å²) in [5.41, 5.74) is 29.3. The van der Waals surface area contributed by atoms with Crippen molar-refractivity contribution >= 4 is 130 Å². The van der Waals surface area contributed by atoms with E-state index in [1.54, 1.807) is 46.4 Å². The Balaban J connectivity index is 0.0000000980. The summed E-state index contributed by atoms with van der Waals surface area (Å²) >= 11 is 2.28. The lowest BCUT2D eigenvalue weighted by molar-refractivity contribution is -0.185. The SMILES string of the molecule is CNC(=O)[C@]12CO[C@@H](C1O)[C@H](n1cnc3c(N)ncnc31)O2.Nc1ncnc2c1ncn2[C@@H]1O[C@@]2(CO)CN[C@H]1C2O.Nc1ncnc2c1ncn2[C@@H]1O[C@@]2(CO)CO[C@H]1C2O.Nc1ncnc2c1ncn2[C@@H]1O[C@@]2(CO)CO[C@H]1C2O.Nc1ncnc2c1ncn2[C@@H]1O[C@]2(CO)CN[C@@H]1C2O.OC[C@]12CO[C@@H](C1O)[C@H](n1cnc3c(NCc4cccc(I)c4)ncnc31)O2. The fraction of sp³-hybridized carbons (Fsp3) is 0.500. The molecule has 12 aliphatic heterocycles. The third kappa shape index (κ3) is 13.6. The number of hydrogen-bond donors (Lipinski definition) is 20. The number of halogens is 1. The number of aliphatic hydroxyl groups is 11. The number of rotatable bonds is 15. The number of carbonyl (C=O) groups is 1. The highest BCUT2D eigenvalue weighted by atomic mass is 127. The van der Waals surface area contributed by atoms with Gasteiger partial charge in [0.05, 0.1) is 110 Å². The van der Waals surface area contributed by atoms with Gasteiger partial charge in [-0.1, -0.05) is 12.1 Å². The molecule has 13 aromatic rings. The van der Waals surface area contributed by atoms with E-state index in [-0.39, 0.29) is 89.0 Å². The van der Waals surface area contributed by atoms with Crippen molar-refractivity contribution in [2.45, 2.75) is 151 Å². The molecule has 56 heteroatoms. The van der Waals surface area contributed by atoms with Crippen LogP contribution in [0.5, 0.6) is 0 Å². The molecule has 0 aliphatic carbocycles. The molecule has 12 aliphatic rings. The Morgan fingerprint density at radius 3 is 1.04 bits per heavy atom. The number of ether oxygens (including phenoxy) is 10. The molecule has 25 rings (SSSR count). The summed E-state index contributed by atoms with van der Waals surface area (Å²) in [6, 6.07) is 7.55. The second-order valence-electron chi connectivity index (χ2n) is 32.7. The number of amides is 1. The summed E-state index contributed by atoms with van der Waals surface area (Å²) in [6.07, 6.45) is 6.10. The second-order valence-corrected chi connectivity index (χ2v) is 33.9. The summed E-state index contributed by atoms with van der Waals surface area (Å²) < 4.78 is 68.5. The third-order valence-electron chi connectivity index (χ3n) is 25.5. The molecule has 12 aromatic heterocycles. The number of anilines is 6. The van der Waals surface area contributed by atoms with E-state index in [4.69, 9.17) is 76.0 Å². The zero-order chi connectivity index (χ0) is 90.4. The van der Waals surface area contributed by atoms with Crippen molar-refractivity contribution in [2.24, 2.45) is 0 Å². The number of aliphatic hydroxyl groups excluding tert-OH is 11. The fourth-order valence-electron chi connectivity index (χ4n) is 18.4. The molecule has 12 fully saturated rings. The molecule has 24 atom stereocenters. The molecule has 0 radical (unpaired) electrons. The van der Waals surface area contributed by atoms with Gasteiger partial charge in [0.2, 0.25) is 5.60 Å². The Morgan fingerprint density at radius 2 is 0.708 bits per heavy atom. The van der Waals surface area contributed by atoms with E-state index in [1.165, 1.54) is 67.6 Å². The van der Waals surface area contributed by atoms with Crippen LogP contribution < -0.4 is 49.9 Å². The predicted octanol–water partition coefficient (Wildman–Crippen LogP) is -7.90. The van der Waals surface area contributed by atoms with Crippen molar-refractivity contribution in [1.82, 2.24) is 133 Å². The quantitative estimate of drug-likeness (QED) is 0.0424. The van der Waals surface area contributed by atoms with Gasteiger partial charge in [-0.05, 0) is 40.3 Å². The van der Waals surface area contributed by atoms with Crippen LogP contribution in [0.3, 0.4) is 0 Å².